The lowest BCUT2D eigenvalue weighted by molar-refractivity contribution is -0.116. The van der Waals surface area contributed by atoms with E-state index in [1.54, 1.807) is 43.5 Å². The first kappa shape index (κ1) is 15.1. The van der Waals surface area contributed by atoms with Gasteiger partial charge in [0.25, 0.3) is 5.56 Å². The lowest BCUT2D eigenvalue weighted by Crippen LogP contribution is -2.24. The lowest BCUT2D eigenvalue weighted by Gasteiger charge is -2.09. The van der Waals surface area contributed by atoms with Crippen molar-refractivity contribution in [3.05, 3.63) is 57.5 Å². The van der Waals surface area contributed by atoms with Crippen LogP contribution >= 0.6 is 11.6 Å². The molecule has 0 aliphatic carbocycles. The number of nitrogens with one attached hydrogen (secondary N) is 1. The van der Waals surface area contributed by atoms with Crippen LogP contribution in [0.3, 0.4) is 0 Å². The summed E-state index contributed by atoms with van der Waals surface area (Å²) in [5.41, 5.74) is 7.24. The van der Waals surface area contributed by atoms with Gasteiger partial charge in [0.15, 0.2) is 0 Å². The van der Waals surface area contributed by atoms with Gasteiger partial charge in [0, 0.05) is 29.7 Å². The third-order valence-electron chi connectivity index (χ3n) is 3.08. The summed E-state index contributed by atoms with van der Waals surface area (Å²) in [4.78, 5) is 23.8. The molecule has 0 saturated carbocycles. The predicted octanol–water partition coefficient (Wildman–Crippen LogP) is 2.42. The Bertz CT molecular complexity index is 725. The molecule has 2 aromatic rings. The van der Waals surface area contributed by atoms with Crippen LogP contribution in [0.25, 0.3) is 0 Å². The van der Waals surface area contributed by atoms with Gasteiger partial charge in [-0.3, -0.25) is 9.59 Å². The number of carbonyl (C=O) groups is 1. The second kappa shape index (κ2) is 6.45. The summed E-state index contributed by atoms with van der Waals surface area (Å²) in [6.07, 6.45) is 1.84. The van der Waals surface area contributed by atoms with E-state index >= 15 is 0 Å². The van der Waals surface area contributed by atoms with Gasteiger partial charge in [0.05, 0.1) is 11.4 Å². The Hall–Kier alpha value is -2.27. The minimum atomic E-state index is -0.225. The third-order valence-corrected chi connectivity index (χ3v) is 3.31. The van der Waals surface area contributed by atoms with E-state index < -0.39 is 0 Å². The Labute approximate surface area is 127 Å². The minimum Gasteiger partial charge on any atom is -0.397 e. The maximum atomic E-state index is 11.9. The van der Waals surface area contributed by atoms with Crippen LogP contribution in [0.15, 0.2) is 41.3 Å². The molecule has 5 nitrogen and oxygen atoms in total. The Balaban J connectivity index is 2.01. The molecule has 1 amide bonds. The van der Waals surface area contributed by atoms with E-state index in [-0.39, 0.29) is 17.9 Å². The summed E-state index contributed by atoms with van der Waals surface area (Å²) >= 11 is 5.86. The van der Waals surface area contributed by atoms with Gasteiger partial charge in [-0.2, -0.15) is 0 Å². The van der Waals surface area contributed by atoms with Crippen LogP contribution < -0.4 is 16.6 Å². The van der Waals surface area contributed by atoms with E-state index in [0.717, 1.165) is 0 Å². The summed E-state index contributed by atoms with van der Waals surface area (Å²) in [5, 5.41) is 3.19. The predicted molar refractivity (Wildman–Crippen MR) is 84.6 cm³/mol. The lowest BCUT2D eigenvalue weighted by atomic mass is 10.2. The number of carbonyl (C=O) groups excluding carboxylic acids is 1. The maximum absolute atomic E-state index is 11.9. The summed E-state index contributed by atoms with van der Waals surface area (Å²) in [7, 11) is 0. The molecule has 110 valence electrons. The van der Waals surface area contributed by atoms with E-state index in [1.165, 1.54) is 4.57 Å². The van der Waals surface area contributed by atoms with E-state index in [1.807, 2.05) is 0 Å². The number of amides is 1. The van der Waals surface area contributed by atoms with Crippen molar-refractivity contribution in [2.75, 3.05) is 11.1 Å². The van der Waals surface area contributed by atoms with Gasteiger partial charge in [0.2, 0.25) is 5.91 Å². The number of anilines is 2. The highest BCUT2D eigenvalue weighted by atomic mass is 35.5. The van der Waals surface area contributed by atoms with Gasteiger partial charge in [-0.05, 0) is 31.2 Å². The van der Waals surface area contributed by atoms with Crippen LogP contribution in [-0.2, 0) is 11.3 Å². The van der Waals surface area contributed by atoms with Crippen LogP contribution in [0, 0.1) is 6.92 Å². The summed E-state index contributed by atoms with van der Waals surface area (Å²) < 4.78 is 1.51. The molecule has 1 aromatic carbocycles. The molecule has 0 unspecified atom stereocenters. The fraction of sp³-hybridized carbons (Fsp3) is 0.200. The van der Waals surface area contributed by atoms with Crippen molar-refractivity contribution in [2.45, 2.75) is 19.9 Å². The molecule has 0 aliphatic rings. The SMILES string of the molecule is Cc1cccn(CCC(=O)Nc2cc(Cl)ccc2N)c1=O. The molecule has 0 bridgehead atoms. The monoisotopic (exact) mass is 305 g/mol. The molecule has 21 heavy (non-hydrogen) atoms. The van der Waals surface area contributed by atoms with E-state index in [9.17, 15) is 9.59 Å². The molecule has 2 rings (SSSR count). The van der Waals surface area contributed by atoms with Crippen LogP contribution in [0.1, 0.15) is 12.0 Å². The molecule has 0 aliphatic heterocycles. The number of aromatic nitrogens is 1. The first-order chi connectivity index (χ1) is 9.97. The molecule has 6 heteroatoms. The number of aryl methyl sites for hydroxylation is 2. The zero-order valence-corrected chi connectivity index (χ0v) is 12.4. The number of rotatable bonds is 4. The standard InChI is InChI=1S/C15H16ClN3O2/c1-10-3-2-7-19(15(10)21)8-6-14(20)18-13-9-11(16)4-5-12(13)17/h2-5,7,9H,6,8,17H2,1H3,(H,18,20). The Kier molecular flexibility index (Phi) is 4.65. The molecule has 1 aromatic heterocycles. The third kappa shape index (κ3) is 3.86. The van der Waals surface area contributed by atoms with Gasteiger partial charge in [-0.25, -0.2) is 0 Å². The quantitative estimate of drug-likeness (QED) is 0.852. The van der Waals surface area contributed by atoms with Crippen LogP contribution in [0.2, 0.25) is 5.02 Å². The zero-order chi connectivity index (χ0) is 15.4. The molecule has 0 atom stereocenters. The fourth-order valence-electron chi connectivity index (χ4n) is 1.90. The van der Waals surface area contributed by atoms with Gasteiger partial charge >= 0.3 is 0 Å². The molecule has 0 fully saturated rings. The first-order valence-electron chi connectivity index (χ1n) is 6.48. The Morgan fingerprint density at radius 2 is 2.14 bits per heavy atom. The van der Waals surface area contributed by atoms with Crippen LogP contribution in [0.5, 0.6) is 0 Å². The molecule has 3 N–H and O–H groups in total. The number of halogens is 1. The number of pyridine rings is 1. The summed E-state index contributed by atoms with van der Waals surface area (Å²) in [5.74, 6) is -0.225. The highest BCUT2D eigenvalue weighted by Crippen LogP contribution is 2.22. The van der Waals surface area contributed by atoms with E-state index in [0.29, 0.717) is 28.5 Å². The number of nitrogens with two attached hydrogens (primary N) is 1. The number of hydrogen-bond acceptors (Lipinski definition) is 3. The Morgan fingerprint density at radius 3 is 2.90 bits per heavy atom. The minimum absolute atomic E-state index is 0.0902. The molecular weight excluding hydrogens is 290 g/mol. The van der Waals surface area contributed by atoms with E-state index in [4.69, 9.17) is 17.3 Å². The van der Waals surface area contributed by atoms with Gasteiger partial charge in [-0.15, -0.1) is 0 Å². The maximum Gasteiger partial charge on any atom is 0.253 e. The van der Waals surface area contributed by atoms with Crippen molar-refractivity contribution < 1.29 is 4.79 Å². The molecule has 0 radical (unpaired) electrons. The molecular formula is C15H16ClN3O2. The second-order valence-electron chi connectivity index (χ2n) is 4.72. The van der Waals surface area contributed by atoms with Crippen molar-refractivity contribution >= 4 is 28.9 Å². The highest BCUT2D eigenvalue weighted by molar-refractivity contribution is 6.31. The average Bonchev–Trinajstić information content (AvgIpc) is 2.44. The Morgan fingerprint density at radius 1 is 1.38 bits per heavy atom. The zero-order valence-electron chi connectivity index (χ0n) is 11.6. The smallest absolute Gasteiger partial charge is 0.253 e. The number of benzene rings is 1. The van der Waals surface area contributed by atoms with Crippen molar-refractivity contribution in [1.82, 2.24) is 4.57 Å². The number of nitrogen functional groups attached to an aromatic ring is 1. The largest absolute Gasteiger partial charge is 0.397 e. The van der Waals surface area contributed by atoms with Gasteiger partial charge < -0.3 is 15.6 Å². The van der Waals surface area contributed by atoms with Crippen molar-refractivity contribution in [3.8, 4) is 0 Å². The van der Waals surface area contributed by atoms with Crippen LogP contribution in [0.4, 0.5) is 11.4 Å². The fourth-order valence-corrected chi connectivity index (χ4v) is 2.08. The molecule has 0 spiro atoms. The molecule has 0 saturated heterocycles. The van der Waals surface area contributed by atoms with Gasteiger partial charge in [0.1, 0.15) is 0 Å². The van der Waals surface area contributed by atoms with E-state index in [2.05, 4.69) is 5.32 Å². The number of hydrogen-bond donors (Lipinski definition) is 2. The summed E-state index contributed by atoms with van der Waals surface area (Å²) in [6, 6.07) is 8.39. The summed E-state index contributed by atoms with van der Waals surface area (Å²) in [6.45, 7) is 2.05. The molecule has 1 heterocycles. The normalized spacial score (nSPS) is 10.4. The number of nitrogens with zero attached hydrogens (tertiary/aromatic N) is 1. The van der Waals surface area contributed by atoms with Crippen molar-refractivity contribution in [1.29, 1.82) is 0 Å². The average molecular weight is 306 g/mol. The first-order valence-corrected chi connectivity index (χ1v) is 6.86. The second-order valence-corrected chi connectivity index (χ2v) is 5.16. The van der Waals surface area contributed by atoms with Crippen LogP contribution in [-0.4, -0.2) is 10.5 Å². The van der Waals surface area contributed by atoms with Crippen molar-refractivity contribution in [2.24, 2.45) is 0 Å². The highest BCUT2D eigenvalue weighted by Gasteiger charge is 2.07. The van der Waals surface area contributed by atoms with Crippen molar-refractivity contribution in [3.63, 3.8) is 0 Å². The van der Waals surface area contributed by atoms with Gasteiger partial charge in [-0.1, -0.05) is 17.7 Å². The topological polar surface area (TPSA) is 77.1 Å².